The smallest absolute Gasteiger partial charge is 0.293 e. The first kappa shape index (κ1) is 30.4. The minimum absolute atomic E-state index is 0.0180. The molecular weight excluding hydrogens is 516 g/mol. The number of ketones is 1. The number of carbonyl (C=O) groups is 2. The lowest BCUT2D eigenvalue weighted by Crippen LogP contribution is -2.55. The monoisotopic (exact) mass is 566 g/mol. The Hall–Kier alpha value is -2.02. The normalized spacial score (nSPS) is 37.9. The lowest BCUT2D eigenvalue weighted by Gasteiger charge is -2.51. The van der Waals surface area contributed by atoms with Crippen LogP contribution in [0.1, 0.15) is 104 Å². The van der Waals surface area contributed by atoms with Crippen molar-refractivity contribution in [3.05, 3.63) is 47.1 Å². The molecule has 1 spiro atoms. The first-order valence-electron chi connectivity index (χ1n) is 16.2. The molecule has 226 valence electrons. The van der Waals surface area contributed by atoms with Gasteiger partial charge in [-0.05, 0) is 81.8 Å². The molecule has 2 aliphatic carbocycles. The first-order chi connectivity index (χ1) is 19.9. The molecule has 0 N–H and O–H groups in total. The van der Waals surface area contributed by atoms with Gasteiger partial charge in [0.05, 0.1) is 18.8 Å². The number of Topliss-reactive ketones (excluding diaryl/α,β-unsaturated/α-hetero) is 1. The molecule has 0 amide bonds. The second kappa shape index (κ2) is 14.0. The van der Waals surface area contributed by atoms with E-state index in [4.69, 9.17) is 18.9 Å². The predicted molar refractivity (Wildman–Crippen MR) is 159 cm³/mol. The molecule has 5 rings (SSSR count). The molecular formula is C35H50O6. The van der Waals surface area contributed by atoms with Crippen LogP contribution in [0.4, 0.5) is 0 Å². The van der Waals surface area contributed by atoms with E-state index in [-0.39, 0.29) is 36.1 Å². The van der Waals surface area contributed by atoms with Gasteiger partial charge in [0.1, 0.15) is 12.2 Å². The van der Waals surface area contributed by atoms with Crippen molar-refractivity contribution in [2.24, 2.45) is 17.8 Å². The van der Waals surface area contributed by atoms with Crippen molar-refractivity contribution in [1.82, 2.24) is 0 Å². The number of allylic oxidation sites excluding steroid dienone is 5. The Morgan fingerprint density at radius 1 is 1.17 bits per heavy atom. The van der Waals surface area contributed by atoms with Crippen molar-refractivity contribution in [3.8, 4) is 0 Å². The Balaban J connectivity index is 1.13. The van der Waals surface area contributed by atoms with Crippen molar-refractivity contribution in [2.45, 2.75) is 134 Å². The van der Waals surface area contributed by atoms with Crippen LogP contribution in [0.15, 0.2) is 47.1 Å². The third-order valence-corrected chi connectivity index (χ3v) is 10.2. The molecule has 0 radical (unpaired) electrons. The van der Waals surface area contributed by atoms with Crippen molar-refractivity contribution in [1.29, 1.82) is 0 Å². The molecule has 3 saturated heterocycles. The molecule has 0 bridgehead atoms. The molecule has 0 aromatic heterocycles. The van der Waals surface area contributed by atoms with Gasteiger partial charge in [-0.1, -0.05) is 62.1 Å². The summed E-state index contributed by atoms with van der Waals surface area (Å²) in [6, 6.07) is 0. The fourth-order valence-corrected chi connectivity index (χ4v) is 7.72. The second-order valence-electron chi connectivity index (χ2n) is 13.3. The molecule has 41 heavy (non-hydrogen) atoms. The lowest BCUT2D eigenvalue weighted by molar-refractivity contribution is -0.341. The van der Waals surface area contributed by atoms with Gasteiger partial charge in [0, 0.05) is 25.2 Å². The van der Waals surface area contributed by atoms with E-state index in [1.165, 1.54) is 43.3 Å². The van der Waals surface area contributed by atoms with Crippen LogP contribution < -0.4 is 0 Å². The van der Waals surface area contributed by atoms with Gasteiger partial charge in [-0.15, -0.1) is 0 Å². The number of hydrogen-bond acceptors (Lipinski definition) is 6. The van der Waals surface area contributed by atoms with E-state index in [9.17, 15) is 9.59 Å². The highest BCUT2D eigenvalue weighted by Gasteiger charge is 2.49. The highest BCUT2D eigenvalue weighted by atomic mass is 16.7. The molecule has 4 fully saturated rings. The maximum absolute atomic E-state index is 12.3. The Morgan fingerprint density at radius 2 is 2.00 bits per heavy atom. The standard InChI is InChI=1S/C35H50O6/c1-24(10-6-4-9-13-28-22-38-34-31(28)17-15-25(2)32(34)37)14-16-29-20-30(39-23-36)21-35(40-29)19-18-26(3)33(41-35)27-11-7-5-8-12-27/h4,9,13-15,23,26-27,29-31,33-34H,5-8,10-12,16-22H2,1-3H3/b9-4+,24-14+,28-13+. The number of hydrogen-bond donors (Lipinski definition) is 0. The molecule has 6 heteroatoms. The van der Waals surface area contributed by atoms with E-state index in [0.717, 1.165) is 44.1 Å². The number of carbonyl (C=O) groups excluding carboxylic acids is 2. The van der Waals surface area contributed by atoms with Crippen LogP contribution in [-0.4, -0.2) is 49.1 Å². The Bertz CT molecular complexity index is 1050. The van der Waals surface area contributed by atoms with Gasteiger partial charge >= 0.3 is 0 Å². The van der Waals surface area contributed by atoms with Crippen molar-refractivity contribution < 1.29 is 28.5 Å². The lowest BCUT2D eigenvalue weighted by atomic mass is 9.76. The summed E-state index contributed by atoms with van der Waals surface area (Å²) < 4.78 is 24.9. The van der Waals surface area contributed by atoms with Gasteiger partial charge in [-0.25, -0.2) is 0 Å². The van der Waals surface area contributed by atoms with Crippen molar-refractivity contribution in [2.75, 3.05) is 6.61 Å². The van der Waals surface area contributed by atoms with Crippen LogP contribution in [0.5, 0.6) is 0 Å². The summed E-state index contributed by atoms with van der Waals surface area (Å²) in [5.74, 6) is 0.851. The maximum Gasteiger partial charge on any atom is 0.293 e. The number of fused-ring (bicyclic) bond motifs is 1. The van der Waals surface area contributed by atoms with Gasteiger partial charge in [0.15, 0.2) is 11.6 Å². The van der Waals surface area contributed by atoms with Crippen LogP contribution in [0, 0.1) is 17.8 Å². The fourth-order valence-electron chi connectivity index (χ4n) is 7.72. The summed E-state index contributed by atoms with van der Waals surface area (Å²) in [6.07, 6.45) is 23.9. The van der Waals surface area contributed by atoms with Crippen molar-refractivity contribution >= 4 is 12.3 Å². The summed E-state index contributed by atoms with van der Waals surface area (Å²) in [5, 5.41) is 0. The molecule has 0 aromatic rings. The Labute approximate surface area is 246 Å². The minimum atomic E-state index is -0.635. The van der Waals surface area contributed by atoms with Gasteiger partial charge in [0.25, 0.3) is 6.47 Å². The van der Waals surface area contributed by atoms with Crippen LogP contribution in [0.2, 0.25) is 0 Å². The topological polar surface area (TPSA) is 71.1 Å². The molecule has 3 heterocycles. The van der Waals surface area contributed by atoms with Gasteiger partial charge in [0.2, 0.25) is 0 Å². The number of ether oxygens (including phenoxy) is 4. The molecule has 1 saturated carbocycles. The fraction of sp³-hybridized carbons (Fsp3) is 0.714. The third-order valence-electron chi connectivity index (χ3n) is 10.2. The number of rotatable bonds is 9. The Morgan fingerprint density at radius 3 is 2.80 bits per heavy atom. The van der Waals surface area contributed by atoms with E-state index in [2.05, 4.69) is 38.2 Å². The van der Waals surface area contributed by atoms with Crippen LogP contribution in [0.3, 0.4) is 0 Å². The largest absolute Gasteiger partial charge is 0.464 e. The van der Waals surface area contributed by atoms with Crippen LogP contribution >= 0.6 is 0 Å². The van der Waals surface area contributed by atoms with Crippen molar-refractivity contribution in [3.63, 3.8) is 0 Å². The average Bonchev–Trinajstić information content (AvgIpc) is 3.39. The summed E-state index contributed by atoms with van der Waals surface area (Å²) in [7, 11) is 0. The van der Waals surface area contributed by atoms with Gasteiger partial charge in [-0.2, -0.15) is 0 Å². The van der Waals surface area contributed by atoms with Gasteiger partial charge < -0.3 is 18.9 Å². The highest BCUT2D eigenvalue weighted by molar-refractivity contribution is 6.00. The summed E-state index contributed by atoms with van der Waals surface area (Å²) in [6.45, 7) is 7.53. The average molecular weight is 567 g/mol. The molecule has 7 atom stereocenters. The summed E-state index contributed by atoms with van der Waals surface area (Å²) in [4.78, 5) is 23.6. The zero-order chi connectivity index (χ0) is 28.8. The Kier molecular flexibility index (Phi) is 10.4. The zero-order valence-corrected chi connectivity index (χ0v) is 25.4. The second-order valence-corrected chi connectivity index (χ2v) is 13.3. The SMILES string of the molecule is CC1=CCC2/C(=C/C=C/CC/C(C)=C/CC3CC(OC=O)CC4(CCC(C)C(C5CCCCC5)O4)O3)COC2C1=O. The quantitative estimate of drug-likeness (QED) is 0.215. The highest BCUT2D eigenvalue weighted by Crippen LogP contribution is 2.46. The maximum atomic E-state index is 12.3. The minimum Gasteiger partial charge on any atom is -0.464 e. The first-order valence-corrected chi connectivity index (χ1v) is 16.2. The van der Waals surface area contributed by atoms with E-state index < -0.39 is 5.79 Å². The third kappa shape index (κ3) is 7.50. The van der Waals surface area contributed by atoms with E-state index in [0.29, 0.717) is 37.8 Å². The molecule has 5 aliphatic rings. The van der Waals surface area contributed by atoms with E-state index in [1.54, 1.807) is 0 Å². The predicted octanol–water partition coefficient (Wildman–Crippen LogP) is 7.33. The van der Waals surface area contributed by atoms with Gasteiger partial charge in [-0.3, -0.25) is 9.59 Å². The van der Waals surface area contributed by atoms with Crippen LogP contribution in [0.25, 0.3) is 0 Å². The summed E-state index contributed by atoms with van der Waals surface area (Å²) in [5.41, 5.74) is 3.38. The molecule has 0 aromatic carbocycles. The molecule has 7 unspecified atom stereocenters. The zero-order valence-electron chi connectivity index (χ0n) is 25.4. The molecule has 3 aliphatic heterocycles. The van der Waals surface area contributed by atoms with E-state index in [1.807, 2.05) is 13.0 Å². The summed E-state index contributed by atoms with van der Waals surface area (Å²) >= 11 is 0. The van der Waals surface area contributed by atoms with Crippen LogP contribution in [-0.2, 0) is 28.5 Å². The molecule has 6 nitrogen and oxygen atoms in total. The van der Waals surface area contributed by atoms with E-state index >= 15 is 0 Å².